The van der Waals surface area contributed by atoms with Crippen molar-refractivity contribution in [1.29, 1.82) is 0 Å². The smallest absolute Gasteiger partial charge is 0.303 e. The highest BCUT2D eigenvalue weighted by Crippen LogP contribution is 2.34. The summed E-state index contributed by atoms with van der Waals surface area (Å²) in [6.07, 6.45) is 8.03. The summed E-state index contributed by atoms with van der Waals surface area (Å²) in [6.45, 7) is 0. The number of rotatable bonds is 7. The van der Waals surface area contributed by atoms with Crippen LogP contribution in [0.1, 0.15) is 50.5 Å². The third-order valence-electron chi connectivity index (χ3n) is 4.83. The summed E-state index contributed by atoms with van der Waals surface area (Å²) < 4.78 is 6.34. The van der Waals surface area contributed by atoms with E-state index in [0.29, 0.717) is 12.5 Å². The maximum atomic E-state index is 10.7. The van der Waals surface area contributed by atoms with Crippen LogP contribution >= 0.6 is 0 Å². The van der Waals surface area contributed by atoms with Gasteiger partial charge in [-0.25, -0.2) is 0 Å². The van der Waals surface area contributed by atoms with E-state index in [9.17, 15) is 4.79 Å². The zero-order chi connectivity index (χ0) is 17.5. The summed E-state index contributed by atoms with van der Waals surface area (Å²) in [5.74, 6) is 0.209. The Balaban J connectivity index is 1.81. The van der Waals surface area contributed by atoms with Crippen LogP contribution in [0.4, 0.5) is 0 Å². The average molecular weight is 338 g/mol. The predicted molar refractivity (Wildman–Crippen MR) is 100.0 cm³/mol. The third kappa shape index (κ3) is 5.09. The topological polar surface area (TPSA) is 46.5 Å². The number of benzene rings is 2. The lowest BCUT2D eigenvalue weighted by atomic mass is 9.96. The summed E-state index contributed by atoms with van der Waals surface area (Å²) >= 11 is 0. The molecule has 0 aliphatic heterocycles. The number of ether oxygens (including phenoxy) is 1. The second-order valence-electron chi connectivity index (χ2n) is 6.82. The van der Waals surface area contributed by atoms with Gasteiger partial charge in [0.25, 0.3) is 0 Å². The molecule has 1 fully saturated rings. The number of carboxylic acids is 1. The first kappa shape index (κ1) is 17.5. The predicted octanol–water partition coefficient (Wildman–Crippen LogP) is 5.47. The SMILES string of the molecule is O=C(O)CCCc1ccc(OC2CCCCC2)c(-c2ccccc2)c1. The molecular formula is C22H26O3. The minimum atomic E-state index is -0.736. The van der Waals surface area contributed by atoms with Crippen molar-refractivity contribution in [2.75, 3.05) is 0 Å². The van der Waals surface area contributed by atoms with Gasteiger partial charge in [0.1, 0.15) is 5.75 Å². The fraction of sp³-hybridized carbons (Fsp3) is 0.409. The van der Waals surface area contributed by atoms with Gasteiger partial charge in [-0.05, 0) is 61.8 Å². The van der Waals surface area contributed by atoms with E-state index in [0.717, 1.165) is 41.7 Å². The molecule has 0 amide bonds. The van der Waals surface area contributed by atoms with Crippen LogP contribution in [0, 0.1) is 0 Å². The lowest BCUT2D eigenvalue weighted by molar-refractivity contribution is -0.137. The largest absolute Gasteiger partial charge is 0.490 e. The van der Waals surface area contributed by atoms with Crippen molar-refractivity contribution in [2.24, 2.45) is 0 Å². The Labute approximate surface area is 149 Å². The number of carboxylic acid groups (broad SMARTS) is 1. The molecule has 0 unspecified atom stereocenters. The summed E-state index contributed by atoms with van der Waals surface area (Å²) in [6, 6.07) is 16.6. The van der Waals surface area contributed by atoms with Crippen LogP contribution in [0.5, 0.6) is 5.75 Å². The number of aryl methyl sites for hydroxylation is 1. The Bertz CT molecular complexity index is 688. The molecule has 2 aromatic rings. The highest BCUT2D eigenvalue weighted by Gasteiger charge is 2.17. The lowest BCUT2D eigenvalue weighted by Crippen LogP contribution is -2.20. The summed E-state index contributed by atoms with van der Waals surface area (Å²) in [4.78, 5) is 10.7. The zero-order valence-electron chi connectivity index (χ0n) is 14.6. The van der Waals surface area contributed by atoms with E-state index in [1.807, 2.05) is 18.2 Å². The molecule has 0 heterocycles. The van der Waals surface area contributed by atoms with Gasteiger partial charge in [-0.2, -0.15) is 0 Å². The molecule has 1 saturated carbocycles. The van der Waals surface area contributed by atoms with Gasteiger partial charge in [0.15, 0.2) is 0 Å². The van der Waals surface area contributed by atoms with Gasteiger partial charge in [0.05, 0.1) is 6.10 Å². The number of hydrogen-bond acceptors (Lipinski definition) is 2. The van der Waals surface area contributed by atoms with Gasteiger partial charge in [0.2, 0.25) is 0 Å². The summed E-state index contributed by atoms with van der Waals surface area (Å²) in [7, 11) is 0. The van der Waals surface area contributed by atoms with Crippen LogP contribution in [-0.4, -0.2) is 17.2 Å². The molecule has 0 bridgehead atoms. The summed E-state index contributed by atoms with van der Waals surface area (Å²) in [5, 5.41) is 8.83. The van der Waals surface area contributed by atoms with Crippen molar-refractivity contribution in [3.63, 3.8) is 0 Å². The molecule has 1 N–H and O–H groups in total. The van der Waals surface area contributed by atoms with Gasteiger partial charge < -0.3 is 9.84 Å². The first-order valence-corrected chi connectivity index (χ1v) is 9.29. The molecule has 1 aliphatic carbocycles. The zero-order valence-corrected chi connectivity index (χ0v) is 14.6. The second kappa shape index (κ2) is 8.70. The molecule has 0 saturated heterocycles. The number of hydrogen-bond donors (Lipinski definition) is 1. The maximum Gasteiger partial charge on any atom is 0.303 e. The molecule has 132 valence electrons. The molecule has 3 nitrogen and oxygen atoms in total. The minimum Gasteiger partial charge on any atom is -0.490 e. The Hall–Kier alpha value is -2.29. The van der Waals surface area contributed by atoms with Crippen LogP contribution in [0.3, 0.4) is 0 Å². The van der Waals surface area contributed by atoms with Crippen LogP contribution in [0.15, 0.2) is 48.5 Å². The third-order valence-corrected chi connectivity index (χ3v) is 4.83. The Morgan fingerprint density at radius 2 is 1.80 bits per heavy atom. The molecule has 3 rings (SSSR count). The van der Waals surface area contributed by atoms with E-state index in [2.05, 4.69) is 30.3 Å². The van der Waals surface area contributed by atoms with Crippen LogP contribution in [0.25, 0.3) is 11.1 Å². The number of carbonyl (C=O) groups is 1. The highest BCUT2D eigenvalue weighted by atomic mass is 16.5. The monoisotopic (exact) mass is 338 g/mol. The van der Waals surface area contributed by atoms with Gasteiger partial charge in [-0.3, -0.25) is 4.79 Å². The van der Waals surface area contributed by atoms with Crippen LogP contribution in [-0.2, 0) is 11.2 Å². The molecule has 0 atom stereocenters. The van der Waals surface area contributed by atoms with Crippen molar-refractivity contribution in [3.8, 4) is 16.9 Å². The normalized spacial score (nSPS) is 15.0. The Kier molecular flexibility index (Phi) is 6.10. The van der Waals surface area contributed by atoms with E-state index in [-0.39, 0.29) is 6.42 Å². The Morgan fingerprint density at radius 1 is 1.04 bits per heavy atom. The van der Waals surface area contributed by atoms with E-state index >= 15 is 0 Å². The molecule has 0 spiro atoms. The second-order valence-corrected chi connectivity index (χ2v) is 6.82. The van der Waals surface area contributed by atoms with Gasteiger partial charge >= 0.3 is 5.97 Å². The van der Waals surface area contributed by atoms with Crippen LogP contribution in [0.2, 0.25) is 0 Å². The Morgan fingerprint density at radius 3 is 2.52 bits per heavy atom. The first-order valence-electron chi connectivity index (χ1n) is 9.29. The quantitative estimate of drug-likeness (QED) is 0.728. The average Bonchev–Trinajstić information content (AvgIpc) is 2.64. The molecule has 0 radical (unpaired) electrons. The van der Waals surface area contributed by atoms with Crippen molar-refractivity contribution in [1.82, 2.24) is 0 Å². The molecule has 2 aromatic carbocycles. The van der Waals surface area contributed by atoms with Crippen molar-refractivity contribution >= 4 is 5.97 Å². The van der Waals surface area contributed by atoms with E-state index < -0.39 is 5.97 Å². The summed E-state index contributed by atoms with van der Waals surface area (Å²) in [5.41, 5.74) is 3.42. The molecule has 3 heteroatoms. The van der Waals surface area contributed by atoms with E-state index in [1.165, 1.54) is 19.3 Å². The molecule has 1 aliphatic rings. The molecule has 25 heavy (non-hydrogen) atoms. The van der Waals surface area contributed by atoms with Gasteiger partial charge in [-0.15, -0.1) is 0 Å². The van der Waals surface area contributed by atoms with E-state index in [4.69, 9.17) is 9.84 Å². The fourth-order valence-electron chi connectivity index (χ4n) is 3.48. The molecular weight excluding hydrogens is 312 g/mol. The van der Waals surface area contributed by atoms with Gasteiger partial charge in [0, 0.05) is 12.0 Å². The lowest BCUT2D eigenvalue weighted by Gasteiger charge is -2.24. The maximum absolute atomic E-state index is 10.7. The van der Waals surface area contributed by atoms with Crippen LogP contribution < -0.4 is 4.74 Å². The first-order chi connectivity index (χ1) is 12.2. The van der Waals surface area contributed by atoms with Crippen molar-refractivity contribution < 1.29 is 14.6 Å². The fourth-order valence-corrected chi connectivity index (χ4v) is 3.48. The van der Waals surface area contributed by atoms with Crippen molar-refractivity contribution in [3.05, 3.63) is 54.1 Å². The highest BCUT2D eigenvalue weighted by molar-refractivity contribution is 5.71. The van der Waals surface area contributed by atoms with Gasteiger partial charge in [-0.1, -0.05) is 42.8 Å². The minimum absolute atomic E-state index is 0.209. The number of aliphatic carboxylic acids is 1. The van der Waals surface area contributed by atoms with E-state index in [1.54, 1.807) is 0 Å². The molecule has 0 aromatic heterocycles. The standard InChI is InChI=1S/C22H26O3/c23-22(24)13-7-8-17-14-15-21(25-19-11-5-2-6-12-19)20(16-17)18-9-3-1-4-10-18/h1,3-4,9-10,14-16,19H,2,5-8,11-13H2,(H,23,24). The van der Waals surface area contributed by atoms with Crippen molar-refractivity contribution in [2.45, 2.75) is 57.5 Å².